The normalized spacial score (nSPS) is 15.1. The summed E-state index contributed by atoms with van der Waals surface area (Å²) >= 11 is 4.77. The van der Waals surface area contributed by atoms with E-state index in [9.17, 15) is 4.39 Å². The van der Waals surface area contributed by atoms with Crippen LogP contribution in [0.2, 0.25) is 0 Å². The number of hydrogen-bond acceptors (Lipinski definition) is 2. The van der Waals surface area contributed by atoms with E-state index in [1.54, 1.807) is 12.1 Å². The van der Waals surface area contributed by atoms with Gasteiger partial charge in [0.05, 0.1) is 6.61 Å². The van der Waals surface area contributed by atoms with Crippen LogP contribution in [0, 0.1) is 11.7 Å². The van der Waals surface area contributed by atoms with Crippen LogP contribution in [0.5, 0.6) is 0 Å². The first kappa shape index (κ1) is 11.5. The number of benzene rings is 1. The zero-order valence-corrected chi connectivity index (χ0v) is 9.73. The van der Waals surface area contributed by atoms with Crippen molar-refractivity contribution < 1.29 is 9.13 Å². The molecule has 0 aliphatic heterocycles. The fraction of sp³-hybridized carbons (Fsp3) is 0.417. The maximum Gasteiger partial charge on any atom is 0.133 e. The minimum atomic E-state index is -0.376. The highest BCUT2D eigenvalue weighted by atomic mass is 32.1. The van der Waals surface area contributed by atoms with E-state index < -0.39 is 0 Å². The first-order valence-electron chi connectivity index (χ1n) is 5.33. The summed E-state index contributed by atoms with van der Waals surface area (Å²) in [4.78, 5) is 0.0848. The van der Waals surface area contributed by atoms with E-state index in [0.29, 0.717) is 12.2 Å². The Morgan fingerprint density at radius 3 is 2.88 bits per heavy atom. The second-order valence-electron chi connectivity index (χ2n) is 4.14. The van der Waals surface area contributed by atoms with Crippen molar-refractivity contribution >= 4 is 17.2 Å². The molecule has 1 saturated carbocycles. The number of nitrogens with two attached hydrogens (primary N) is 1. The van der Waals surface area contributed by atoms with Crippen molar-refractivity contribution in [3.05, 3.63) is 35.1 Å². The Labute approximate surface area is 99.6 Å². The van der Waals surface area contributed by atoms with Crippen LogP contribution in [0.1, 0.15) is 24.0 Å². The topological polar surface area (TPSA) is 35.2 Å². The smallest absolute Gasteiger partial charge is 0.133 e. The molecule has 0 spiro atoms. The minimum absolute atomic E-state index is 0.0848. The molecule has 1 aliphatic rings. The van der Waals surface area contributed by atoms with E-state index in [-0.39, 0.29) is 10.8 Å². The standard InChI is InChI=1S/C12H14FNOS/c13-11-4-3-9(5-10(11)12(14)16)7-15-6-8-1-2-8/h3-5,8H,1-2,6-7H2,(H2,14,16). The molecule has 0 bridgehead atoms. The lowest BCUT2D eigenvalue weighted by molar-refractivity contribution is 0.111. The largest absolute Gasteiger partial charge is 0.389 e. The van der Waals surface area contributed by atoms with E-state index >= 15 is 0 Å². The predicted molar refractivity (Wildman–Crippen MR) is 64.7 cm³/mol. The van der Waals surface area contributed by atoms with Crippen LogP contribution >= 0.6 is 12.2 Å². The predicted octanol–water partition coefficient (Wildman–Crippen LogP) is 2.39. The van der Waals surface area contributed by atoms with Gasteiger partial charge in [-0.2, -0.15) is 0 Å². The van der Waals surface area contributed by atoms with Gasteiger partial charge in [-0.3, -0.25) is 0 Å². The maximum atomic E-state index is 13.3. The van der Waals surface area contributed by atoms with Gasteiger partial charge >= 0.3 is 0 Å². The number of ether oxygens (including phenoxy) is 1. The van der Waals surface area contributed by atoms with Crippen LogP contribution in [0.15, 0.2) is 18.2 Å². The van der Waals surface area contributed by atoms with E-state index in [4.69, 9.17) is 22.7 Å². The molecule has 0 unspecified atom stereocenters. The van der Waals surface area contributed by atoms with E-state index in [0.717, 1.165) is 18.1 Å². The second-order valence-corrected chi connectivity index (χ2v) is 4.58. The van der Waals surface area contributed by atoms with Gasteiger partial charge in [0.2, 0.25) is 0 Å². The molecule has 1 aromatic carbocycles. The average molecular weight is 239 g/mol. The number of thiocarbonyl (C=S) groups is 1. The summed E-state index contributed by atoms with van der Waals surface area (Å²) in [5, 5.41) is 0. The lowest BCUT2D eigenvalue weighted by atomic mass is 10.1. The minimum Gasteiger partial charge on any atom is -0.389 e. The van der Waals surface area contributed by atoms with Crippen molar-refractivity contribution in [2.45, 2.75) is 19.4 Å². The second kappa shape index (κ2) is 4.89. The number of hydrogen-bond donors (Lipinski definition) is 1. The van der Waals surface area contributed by atoms with Crippen molar-refractivity contribution in [2.75, 3.05) is 6.61 Å². The molecule has 0 aromatic heterocycles. The van der Waals surface area contributed by atoms with Gasteiger partial charge in [0, 0.05) is 12.2 Å². The third-order valence-electron chi connectivity index (χ3n) is 2.62. The summed E-state index contributed by atoms with van der Waals surface area (Å²) in [6.45, 7) is 1.28. The Morgan fingerprint density at radius 1 is 1.50 bits per heavy atom. The molecule has 2 nitrogen and oxygen atoms in total. The fourth-order valence-electron chi connectivity index (χ4n) is 1.48. The monoisotopic (exact) mass is 239 g/mol. The van der Waals surface area contributed by atoms with Gasteiger partial charge in [0.1, 0.15) is 10.8 Å². The molecule has 1 fully saturated rings. The lowest BCUT2D eigenvalue weighted by Crippen LogP contribution is -2.12. The molecule has 2 N–H and O–H groups in total. The molecule has 0 amide bonds. The summed E-state index contributed by atoms with van der Waals surface area (Å²) in [6, 6.07) is 4.74. The van der Waals surface area contributed by atoms with Crippen molar-refractivity contribution in [3.8, 4) is 0 Å². The van der Waals surface area contributed by atoms with Gasteiger partial charge < -0.3 is 10.5 Å². The van der Waals surface area contributed by atoms with Gasteiger partial charge in [0.15, 0.2) is 0 Å². The van der Waals surface area contributed by atoms with Crippen LogP contribution in [0.4, 0.5) is 4.39 Å². The SMILES string of the molecule is NC(=S)c1cc(COCC2CC2)ccc1F. The highest BCUT2D eigenvalue weighted by Gasteiger charge is 2.21. The molecule has 0 saturated heterocycles. The van der Waals surface area contributed by atoms with Crippen molar-refractivity contribution in [1.82, 2.24) is 0 Å². The van der Waals surface area contributed by atoms with Crippen LogP contribution in [0.25, 0.3) is 0 Å². The zero-order valence-electron chi connectivity index (χ0n) is 8.91. The Hall–Kier alpha value is -1.00. The molecular weight excluding hydrogens is 225 g/mol. The first-order chi connectivity index (χ1) is 7.66. The molecule has 1 aliphatic carbocycles. The third kappa shape index (κ3) is 3.00. The molecule has 16 heavy (non-hydrogen) atoms. The molecule has 86 valence electrons. The van der Waals surface area contributed by atoms with Crippen LogP contribution in [-0.4, -0.2) is 11.6 Å². The van der Waals surface area contributed by atoms with Crippen molar-refractivity contribution in [3.63, 3.8) is 0 Å². The van der Waals surface area contributed by atoms with Crippen LogP contribution in [-0.2, 0) is 11.3 Å². The maximum absolute atomic E-state index is 13.3. The van der Waals surface area contributed by atoms with Gasteiger partial charge in [-0.1, -0.05) is 18.3 Å². The summed E-state index contributed by atoms with van der Waals surface area (Å²) in [6.07, 6.45) is 2.53. The van der Waals surface area contributed by atoms with Gasteiger partial charge in [-0.15, -0.1) is 0 Å². The number of rotatable bonds is 5. The van der Waals surface area contributed by atoms with E-state index in [1.165, 1.54) is 18.9 Å². The Morgan fingerprint density at radius 2 is 2.25 bits per heavy atom. The summed E-state index contributed by atoms with van der Waals surface area (Å²) in [5.41, 5.74) is 6.62. The van der Waals surface area contributed by atoms with Crippen LogP contribution in [0.3, 0.4) is 0 Å². The Bertz CT molecular complexity index is 404. The molecule has 0 heterocycles. The van der Waals surface area contributed by atoms with E-state index in [1.807, 2.05) is 0 Å². The summed E-state index contributed by atoms with van der Waals surface area (Å²) < 4.78 is 18.8. The first-order valence-corrected chi connectivity index (χ1v) is 5.73. The Balaban J connectivity index is 1.97. The summed E-state index contributed by atoms with van der Waals surface area (Å²) in [5.74, 6) is 0.356. The highest BCUT2D eigenvalue weighted by molar-refractivity contribution is 7.80. The zero-order chi connectivity index (χ0) is 11.5. The lowest BCUT2D eigenvalue weighted by Gasteiger charge is -2.06. The molecule has 0 radical (unpaired) electrons. The highest BCUT2D eigenvalue weighted by Crippen LogP contribution is 2.29. The molecule has 0 atom stereocenters. The molecule has 1 aromatic rings. The van der Waals surface area contributed by atoms with Crippen LogP contribution < -0.4 is 5.73 Å². The summed E-state index contributed by atoms with van der Waals surface area (Å²) in [7, 11) is 0. The van der Waals surface area contributed by atoms with Crippen molar-refractivity contribution in [2.24, 2.45) is 11.7 Å². The quantitative estimate of drug-likeness (QED) is 0.801. The van der Waals surface area contributed by atoms with Gasteiger partial charge in [-0.05, 0) is 36.5 Å². The molecular formula is C12H14FNOS. The average Bonchev–Trinajstić information content (AvgIpc) is 3.04. The van der Waals surface area contributed by atoms with Gasteiger partial charge in [-0.25, -0.2) is 4.39 Å². The Kier molecular flexibility index (Phi) is 3.51. The number of halogens is 1. The fourth-order valence-corrected chi connectivity index (χ4v) is 1.64. The van der Waals surface area contributed by atoms with Crippen molar-refractivity contribution in [1.29, 1.82) is 0 Å². The van der Waals surface area contributed by atoms with Gasteiger partial charge in [0.25, 0.3) is 0 Å². The van der Waals surface area contributed by atoms with E-state index in [2.05, 4.69) is 0 Å². The third-order valence-corrected chi connectivity index (χ3v) is 2.84. The molecule has 4 heteroatoms. The molecule has 2 rings (SSSR count).